The van der Waals surface area contributed by atoms with Gasteiger partial charge in [-0.05, 0) is 19.1 Å². The molecular formula is C11H16ClFN2O2. The summed E-state index contributed by atoms with van der Waals surface area (Å²) in [6.45, 7) is 2.72. The van der Waals surface area contributed by atoms with E-state index in [2.05, 4.69) is 5.32 Å². The van der Waals surface area contributed by atoms with E-state index < -0.39 is 5.82 Å². The average molecular weight is 263 g/mol. The number of benzene rings is 1. The summed E-state index contributed by atoms with van der Waals surface area (Å²) in [5.41, 5.74) is 5.45. The van der Waals surface area contributed by atoms with E-state index in [0.29, 0.717) is 19.7 Å². The van der Waals surface area contributed by atoms with E-state index in [1.807, 2.05) is 0 Å². The van der Waals surface area contributed by atoms with Gasteiger partial charge in [-0.2, -0.15) is 0 Å². The number of carbonyl (C=O) groups excluding carboxylic acids is 1. The Morgan fingerprint density at radius 1 is 1.53 bits per heavy atom. The summed E-state index contributed by atoms with van der Waals surface area (Å²) in [6, 6.07) is 4.24. The second-order valence-electron chi connectivity index (χ2n) is 3.09. The lowest BCUT2D eigenvalue weighted by Gasteiger charge is -2.10. The summed E-state index contributed by atoms with van der Waals surface area (Å²) in [7, 11) is 0. The fourth-order valence-corrected chi connectivity index (χ4v) is 1.26. The van der Waals surface area contributed by atoms with Crippen LogP contribution in [0.15, 0.2) is 18.2 Å². The minimum absolute atomic E-state index is 0. The van der Waals surface area contributed by atoms with E-state index in [1.54, 1.807) is 6.92 Å². The fraction of sp³-hybridized carbons (Fsp3) is 0.364. The Morgan fingerprint density at radius 2 is 2.24 bits per heavy atom. The second kappa shape index (κ2) is 7.86. The van der Waals surface area contributed by atoms with Gasteiger partial charge in [0.05, 0.1) is 12.2 Å². The van der Waals surface area contributed by atoms with Crippen molar-refractivity contribution in [2.75, 3.05) is 19.7 Å². The van der Waals surface area contributed by atoms with Gasteiger partial charge in [0.2, 0.25) is 0 Å². The highest BCUT2D eigenvalue weighted by atomic mass is 35.5. The van der Waals surface area contributed by atoms with Crippen LogP contribution in [0.2, 0.25) is 0 Å². The molecule has 1 aromatic carbocycles. The van der Waals surface area contributed by atoms with Crippen molar-refractivity contribution in [3.05, 3.63) is 29.6 Å². The van der Waals surface area contributed by atoms with Gasteiger partial charge in [0.15, 0.2) is 11.6 Å². The van der Waals surface area contributed by atoms with Gasteiger partial charge < -0.3 is 15.8 Å². The third-order valence-electron chi connectivity index (χ3n) is 1.93. The van der Waals surface area contributed by atoms with Crippen molar-refractivity contribution >= 4 is 18.3 Å². The molecule has 3 N–H and O–H groups in total. The molecule has 0 aliphatic rings. The van der Waals surface area contributed by atoms with Gasteiger partial charge in [0, 0.05) is 13.1 Å². The first-order chi connectivity index (χ1) is 7.70. The molecule has 1 rings (SSSR count). The fourth-order valence-electron chi connectivity index (χ4n) is 1.26. The monoisotopic (exact) mass is 262 g/mol. The Labute approximate surface area is 106 Å². The van der Waals surface area contributed by atoms with Crippen LogP contribution in [0.5, 0.6) is 5.75 Å². The van der Waals surface area contributed by atoms with Gasteiger partial charge in [-0.15, -0.1) is 12.4 Å². The van der Waals surface area contributed by atoms with Crippen molar-refractivity contribution in [1.82, 2.24) is 5.32 Å². The zero-order valence-corrected chi connectivity index (χ0v) is 10.3. The van der Waals surface area contributed by atoms with Gasteiger partial charge in [-0.1, -0.05) is 6.07 Å². The van der Waals surface area contributed by atoms with Crippen molar-refractivity contribution in [3.8, 4) is 5.75 Å². The van der Waals surface area contributed by atoms with Gasteiger partial charge in [0.1, 0.15) is 0 Å². The summed E-state index contributed by atoms with van der Waals surface area (Å²) in [4.78, 5) is 11.6. The molecule has 96 valence electrons. The molecule has 4 nitrogen and oxygen atoms in total. The number of hydrogen-bond acceptors (Lipinski definition) is 3. The molecule has 0 saturated carbocycles. The molecule has 0 fully saturated rings. The molecule has 0 unspecified atom stereocenters. The molecule has 0 aliphatic heterocycles. The first-order valence-electron chi connectivity index (χ1n) is 5.10. The molecule has 0 radical (unpaired) electrons. The minimum Gasteiger partial charge on any atom is -0.490 e. The number of nitrogens with two attached hydrogens (primary N) is 1. The van der Waals surface area contributed by atoms with Crippen LogP contribution in [0.25, 0.3) is 0 Å². The van der Waals surface area contributed by atoms with Crippen molar-refractivity contribution in [3.63, 3.8) is 0 Å². The summed E-state index contributed by atoms with van der Waals surface area (Å²) in [5.74, 6) is -0.935. The van der Waals surface area contributed by atoms with E-state index in [9.17, 15) is 9.18 Å². The Kier molecular flexibility index (Phi) is 7.25. The second-order valence-corrected chi connectivity index (χ2v) is 3.09. The average Bonchev–Trinajstić information content (AvgIpc) is 2.29. The SMILES string of the molecule is CCOc1c(F)cccc1C(=O)NCCN.Cl. The summed E-state index contributed by atoms with van der Waals surface area (Å²) in [6.07, 6.45) is 0. The first kappa shape index (κ1) is 15.7. The van der Waals surface area contributed by atoms with Crippen LogP contribution in [-0.4, -0.2) is 25.6 Å². The van der Waals surface area contributed by atoms with Crippen LogP contribution in [0.1, 0.15) is 17.3 Å². The zero-order valence-electron chi connectivity index (χ0n) is 9.53. The van der Waals surface area contributed by atoms with E-state index in [-0.39, 0.29) is 29.6 Å². The highest BCUT2D eigenvalue weighted by molar-refractivity contribution is 5.96. The number of nitrogens with one attached hydrogen (secondary N) is 1. The topological polar surface area (TPSA) is 64.3 Å². The third-order valence-corrected chi connectivity index (χ3v) is 1.93. The van der Waals surface area contributed by atoms with Gasteiger partial charge in [0.25, 0.3) is 5.91 Å². The Bertz CT molecular complexity index is 374. The Morgan fingerprint density at radius 3 is 2.82 bits per heavy atom. The van der Waals surface area contributed by atoms with E-state index >= 15 is 0 Å². The number of hydrogen-bond donors (Lipinski definition) is 2. The number of ether oxygens (including phenoxy) is 1. The van der Waals surface area contributed by atoms with Gasteiger partial charge in [-0.25, -0.2) is 4.39 Å². The molecule has 6 heteroatoms. The quantitative estimate of drug-likeness (QED) is 0.842. The minimum atomic E-state index is -0.540. The maximum atomic E-state index is 13.4. The lowest BCUT2D eigenvalue weighted by molar-refractivity contribution is 0.0950. The van der Waals surface area contributed by atoms with E-state index in [1.165, 1.54) is 18.2 Å². The van der Waals surface area contributed by atoms with Crippen LogP contribution in [-0.2, 0) is 0 Å². The van der Waals surface area contributed by atoms with Crippen LogP contribution < -0.4 is 15.8 Å². The molecule has 0 bridgehead atoms. The van der Waals surface area contributed by atoms with Crippen molar-refractivity contribution < 1.29 is 13.9 Å². The van der Waals surface area contributed by atoms with Gasteiger partial charge in [-0.3, -0.25) is 4.79 Å². The largest absolute Gasteiger partial charge is 0.490 e. The van der Waals surface area contributed by atoms with Crippen LogP contribution in [0.4, 0.5) is 4.39 Å². The highest BCUT2D eigenvalue weighted by Gasteiger charge is 2.15. The highest BCUT2D eigenvalue weighted by Crippen LogP contribution is 2.22. The molecular weight excluding hydrogens is 247 g/mol. The lowest BCUT2D eigenvalue weighted by Crippen LogP contribution is -2.29. The Balaban J connectivity index is 0.00000256. The van der Waals surface area contributed by atoms with E-state index in [4.69, 9.17) is 10.5 Å². The van der Waals surface area contributed by atoms with Crippen LogP contribution in [0.3, 0.4) is 0 Å². The van der Waals surface area contributed by atoms with Crippen molar-refractivity contribution in [1.29, 1.82) is 0 Å². The molecule has 0 aromatic heterocycles. The maximum absolute atomic E-state index is 13.4. The molecule has 0 heterocycles. The standard InChI is InChI=1S/C11H15FN2O2.ClH/c1-2-16-10-8(4-3-5-9(10)12)11(15)14-7-6-13;/h3-5H,2,6-7,13H2,1H3,(H,14,15);1H. The lowest BCUT2D eigenvalue weighted by atomic mass is 10.2. The third kappa shape index (κ3) is 4.20. The van der Waals surface area contributed by atoms with Crippen LogP contribution >= 0.6 is 12.4 Å². The number of amides is 1. The predicted octanol–water partition coefficient (Wildman–Crippen LogP) is 1.33. The number of rotatable bonds is 5. The first-order valence-corrected chi connectivity index (χ1v) is 5.10. The predicted molar refractivity (Wildman–Crippen MR) is 66.2 cm³/mol. The number of carbonyl (C=O) groups is 1. The normalized spacial score (nSPS) is 9.35. The molecule has 0 spiro atoms. The summed E-state index contributed by atoms with van der Waals surface area (Å²) >= 11 is 0. The van der Waals surface area contributed by atoms with Crippen molar-refractivity contribution in [2.45, 2.75) is 6.92 Å². The Hall–Kier alpha value is -1.33. The zero-order chi connectivity index (χ0) is 12.0. The summed E-state index contributed by atoms with van der Waals surface area (Å²) < 4.78 is 18.5. The molecule has 0 aliphatic carbocycles. The smallest absolute Gasteiger partial charge is 0.255 e. The van der Waals surface area contributed by atoms with E-state index in [0.717, 1.165) is 0 Å². The number of halogens is 2. The van der Waals surface area contributed by atoms with Gasteiger partial charge >= 0.3 is 0 Å². The molecule has 17 heavy (non-hydrogen) atoms. The van der Waals surface area contributed by atoms with Crippen molar-refractivity contribution in [2.24, 2.45) is 5.73 Å². The number of para-hydroxylation sites is 1. The molecule has 0 saturated heterocycles. The molecule has 1 amide bonds. The maximum Gasteiger partial charge on any atom is 0.255 e. The molecule has 1 aromatic rings. The molecule has 0 atom stereocenters. The summed E-state index contributed by atoms with van der Waals surface area (Å²) in [5, 5.41) is 2.56. The van der Waals surface area contributed by atoms with Crippen LogP contribution in [0, 0.1) is 5.82 Å².